The van der Waals surface area contributed by atoms with Gasteiger partial charge in [0.15, 0.2) is 5.69 Å². The minimum Gasteiger partial charge on any atom is -0.276 e. The van der Waals surface area contributed by atoms with Crippen molar-refractivity contribution in [3.05, 3.63) is 63.3 Å². The molecule has 0 aliphatic carbocycles. The maximum absolute atomic E-state index is 12.8. The van der Waals surface area contributed by atoms with Crippen LogP contribution < -0.4 is 5.43 Å². The first-order valence-electron chi connectivity index (χ1n) is 6.52. The second-order valence-corrected chi connectivity index (χ2v) is 6.98. The Morgan fingerprint density at radius 2 is 2.09 bits per heavy atom. The smallest absolute Gasteiger partial charge is 0.276 e. The number of hydrogen-bond donors (Lipinski definition) is 2. The fraction of sp³-hybridized carbons (Fsp3) is 0. The number of nitrogens with zero attached hydrogens (tertiary/aromatic N) is 2. The molecule has 0 bridgehead atoms. The average Bonchev–Trinajstić information content (AvgIpc) is 3.18. The first kappa shape index (κ1) is 15.6. The molecular formula is C15H10BrFN4OS. The van der Waals surface area contributed by atoms with Gasteiger partial charge in [-0.2, -0.15) is 10.2 Å². The first-order chi connectivity index (χ1) is 11.1. The molecule has 0 radical (unpaired) electrons. The molecule has 0 fully saturated rings. The second-order valence-electron chi connectivity index (χ2n) is 4.52. The van der Waals surface area contributed by atoms with Crippen molar-refractivity contribution in [2.75, 3.05) is 0 Å². The Morgan fingerprint density at radius 3 is 2.78 bits per heavy atom. The molecule has 0 unspecified atom stereocenters. The van der Waals surface area contributed by atoms with Crippen molar-refractivity contribution in [2.45, 2.75) is 0 Å². The van der Waals surface area contributed by atoms with Crippen LogP contribution in [0.3, 0.4) is 0 Å². The second kappa shape index (κ2) is 6.84. The third-order valence-electron chi connectivity index (χ3n) is 2.90. The third kappa shape index (κ3) is 3.91. The number of carbonyl (C=O) groups excluding carboxylic acids is 1. The van der Waals surface area contributed by atoms with Crippen LogP contribution in [0.2, 0.25) is 0 Å². The fourth-order valence-electron chi connectivity index (χ4n) is 1.79. The van der Waals surface area contributed by atoms with Gasteiger partial charge in [0.25, 0.3) is 5.91 Å². The number of hydrazone groups is 1. The highest BCUT2D eigenvalue weighted by Gasteiger charge is 2.11. The van der Waals surface area contributed by atoms with Gasteiger partial charge >= 0.3 is 0 Å². The van der Waals surface area contributed by atoms with E-state index in [0.29, 0.717) is 5.56 Å². The molecule has 23 heavy (non-hydrogen) atoms. The van der Waals surface area contributed by atoms with Gasteiger partial charge in [-0.15, -0.1) is 11.3 Å². The molecule has 0 aliphatic heterocycles. The van der Waals surface area contributed by atoms with E-state index < -0.39 is 5.91 Å². The van der Waals surface area contributed by atoms with Gasteiger partial charge in [0.2, 0.25) is 0 Å². The summed E-state index contributed by atoms with van der Waals surface area (Å²) in [5.74, 6) is -0.753. The molecule has 3 rings (SSSR count). The molecule has 2 aromatic heterocycles. The summed E-state index contributed by atoms with van der Waals surface area (Å²) in [7, 11) is 0. The Morgan fingerprint density at radius 1 is 1.30 bits per heavy atom. The highest BCUT2D eigenvalue weighted by Crippen LogP contribution is 2.30. The van der Waals surface area contributed by atoms with Crippen LogP contribution in [0.15, 0.2) is 51.4 Å². The zero-order chi connectivity index (χ0) is 16.2. The van der Waals surface area contributed by atoms with Gasteiger partial charge in [-0.1, -0.05) is 12.1 Å². The van der Waals surface area contributed by atoms with Crippen molar-refractivity contribution < 1.29 is 9.18 Å². The number of rotatable bonds is 4. The average molecular weight is 393 g/mol. The third-order valence-corrected chi connectivity index (χ3v) is 4.56. The van der Waals surface area contributed by atoms with E-state index in [-0.39, 0.29) is 11.5 Å². The Hall–Kier alpha value is -2.32. The van der Waals surface area contributed by atoms with Crippen LogP contribution in [0.4, 0.5) is 4.39 Å². The monoisotopic (exact) mass is 392 g/mol. The molecule has 5 nitrogen and oxygen atoms in total. The molecule has 0 atom stereocenters. The maximum atomic E-state index is 12.8. The lowest BCUT2D eigenvalue weighted by Crippen LogP contribution is -2.17. The van der Waals surface area contributed by atoms with Crippen LogP contribution >= 0.6 is 27.3 Å². The summed E-state index contributed by atoms with van der Waals surface area (Å²) in [6.45, 7) is 0. The van der Waals surface area contributed by atoms with Crippen molar-refractivity contribution in [3.63, 3.8) is 0 Å². The number of nitrogens with one attached hydrogen (secondary N) is 2. The van der Waals surface area contributed by atoms with Crippen LogP contribution in [-0.4, -0.2) is 22.3 Å². The fourth-order valence-corrected chi connectivity index (χ4v) is 3.15. The molecule has 116 valence electrons. The molecule has 8 heteroatoms. The number of H-pyrrole nitrogens is 1. The van der Waals surface area contributed by atoms with E-state index in [4.69, 9.17) is 0 Å². The lowest BCUT2D eigenvalue weighted by Gasteiger charge is -1.95. The van der Waals surface area contributed by atoms with Crippen LogP contribution in [0.5, 0.6) is 0 Å². The van der Waals surface area contributed by atoms with Gasteiger partial charge in [-0.25, -0.2) is 9.82 Å². The van der Waals surface area contributed by atoms with Crippen LogP contribution in [0.25, 0.3) is 10.6 Å². The van der Waals surface area contributed by atoms with Crippen molar-refractivity contribution in [2.24, 2.45) is 5.10 Å². The molecular weight excluding hydrogens is 383 g/mol. The molecule has 2 N–H and O–H groups in total. The van der Waals surface area contributed by atoms with Gasteiger partial charge in [0.05, 0.1) is 20.6 Å². The minimum atomic E-state index is -0.429. The molecule has 0 spiro atoms. The van der Waals surface area contributed by atoms with Gasteiger partial charge in [0, 0.05) is 0 Å². The summed E-state index contributed by atoms with van der Waals surface area (Å²) in [6, 6.07) is 11.3. The highest BCUT2D eigenvalue weighted by molar-refractivity contribution is 9.11. The van der Waals surface area contributed by atoms with Gasteiger partial charge in [-0.05, 0) is 51.8 Å². The van der Waals surface area contributed by atoms with E-state index in [0.717, 1.165) is 14.4 Å². The van der Waals surface area contributed by atoms with Crippen LogP contribution in [-0.2, 0) is 0 Å². The van der Waals surface area contributed by atoms with E-state index >= 15 is 0 Å². The molecule has 1 amide bonds. The van der Waals surface area contributed by atoms with Crippen LogP contribution in [0.1, 0.15) is 16.1 Å². The zero-order valence-corrected chi connectivity index (χ0v) is 14.0. The Kier molecular flexibility index (Phi) is 4.63. The summed E-state index contributed by atoms with van der Waals surface area (Å²) < 4.78 is 13.8. The maximum Gasteiger partial charge on any atom is 0.291 e. The van der Waals surface area contributed by atoms with E-state index in [1.165, 1.54) is 29.7 Å². The number of benzene rings is 1. The standard InChI is InChI=1S/C15H10BrFN4OS/c16-14-6-5-13(23-14)11-7-12(20-19-11)15(22)21-18-8-9-1-3-10(17)4-2-9/h1-8H,(H,19,20)(H,21,22). The number of hydrogen-bond acceptors (Lipinski definition) is 4. The molecule has 0 aliphatic rings. The number of thiophene rings is 1. The predicted octanol–water partition coefficient (Wildman–Crippen LogP) is 3.80. The summed E-state index contributed by atoms with van der Waals surface area (Å²) in [5, 5.41) is 10.6. The number of aromatic nitrogens is 2. The number of halogens is 2. The summed E-state index contributed by atoms with van der Waals surface area (Å²) in [4.78, 5) is 12.9. The van der Waals surface area contributed by atoms with E-state index in [2.05, 4.69) is 36.7 Å². The minimum absolute atomic E-state index is 0.237. The molecule has 1 aromatic carbocycles. The lowest BCUT2D eigenvalue weighted by atomic mass is 10.2. The number of carbonyl (C=O) groups is 1. The molecule has 2 heterocycles. The predicted molar refractivity (Wildman–Crippen MR) is 91.1 cm³/mol. The quantitative estimate of drug-likeness (QED) is 0.523. The van der Waals surface area contributed by atoms with E-state index in [1.54, 1.807) is 18.2 Å². The topological polar surface area (TPSA) is 70.1 Å². The van der Waals surface area contributed by atoms with Crippen molar-refractivity contribution >= 4 is 39.4 Å². The Bertz CT molecular complexity index is 857. The SMILES string of the molecule is O=C(NN=Cc1ccc(F)cc1)c1cc(-c2ccc(Br)s2)[nH]n1. The summed E-state index contributed by atoms with van der Waals surface area (Å²) >= 11 is 4.92. The van der Waals surface area contributed by atoms with Gasteiger partial charge in [-0.3, -0.25) is 9.89 Å². The summed E-state index contributed by atoms with van der Waals surface area (Å²) in [6.07, 6.45) is 1.43. The number of amides is 1. The van der Waals surface area contributed by atoms with Crippen LogP contribution in [0, 0.1) is 5.82 Å². The highest BCUT2D eigenvalue weighted by atomic mass is 79.9. The molecule has 0 saturated heterocycles. The van der Waals surface area contributed by atoms with Crippen molar-refractivity contribution in [3.8, 4) is 10.6 Å². The molecule has 0 saturated carbocycles. The summed E-state index contributed by atoms with van der Waals surface area (Å²) in [5.41, 5.74) is 4.05. The largest absolute Gasteiger partial charge is 0.291 e. The van der Waals surface area contributed by atoms with Crippen molar-refractivity contribution in [1.29, 1.82) is 0 Å². The normalized spacial score (nSPS) is 11.0. The molecule has 3 aromatic rings. The number of aromatic amines is 1. The first-order valence-corrected chi connectivity index (χ1v) is 8.13. The van der Waals surface area contributed by atoms with Gasteiger partial charge < -0.3 is 0 Å². The Labute approximate surface area is 143 Å². The zero-order valence-electron chi connectivity index (χ0n) is 11.6. The Balaban J connectivity index is 1.64. The van der Waals surface area contributed by atoms with Gasteiger partial charge in [0.1, 0.15) is 5.82 Å². The van der Waals surface area contributed by atoms with Crippen molar-refractivity contribution in [1.82, 2.24) is 15.6 Å². The van der Waals surface area contributed by atoms with E-state index in [1.807, 2.05) is 12.1 Å². The lowest BCUT2D eigenvalue weighted by molar-refractivity contribution is 0.0950. The van der Waals surface area contributed by atoms with E-state index in [9.17, 15) is 9.18 Å².